The van der Waals surface area contributed by atoms with Crippen molar-refractivity contribution < 1.29 is 14.3 Å². The van der Waals surface area contributed by atoms with E-state index in [4.69, 9.17) is 4.74 Å². The molecule has 80 valence electrons. The van der Waals surface area contributed by atoms with Crippen LogP contribution in [0.25, 0.3) is 0 Å². The minimum atomic E-state index is -0.425. The minimum absolute atomic E-state index is 0.100. The van der Waals surface area contributed by atoms with Gasteiger partial charge >= 0.3 is 12.0 Å². The zero-order valence-corrected chi connectivity index (χ0v) is 8.98. The first-order chi connectivity index (χ1) is 6.43. The van der Waals surface area contributed by atoms with E-state index in [2.05, 4.69) is 0 Å². The van der Waals surface area contributed by atoms with Gasteiger partial charge in [-0.2, -0.15) is 0 Å². The summed E-state index contributed by atoms with van der Waals surface area (Å²) in [4.78, 5) is 25.5. The molecule has 2 atom stereocenters. The molecule has 0 aromatic carbocycles. The Labute approximate surface area is 83.6 Å². The maximum Gasteiger partial charge on any atom is 0.322 e. The van der Waals surface area contributed by atoms with Crippen molar-refractivity contribution in [2.75, 3.05) is 14.1 Å². The molecule has 0 aliphatic carbocycles. The summed E-state index contributed by atoms with van der Waals surface area (Å²) in [5.41, 5.74) is 0. The summed E-state index contributed by atoms with van der Waals surface area (Å²) in [5, 5.41) is 0. The molecule has 1 aliphatic heterocycles. The van der Waals surface area contributed by atoms with E-state index in [1.54, 1.807) is 19.0 Å². The molecule has 1 fully saturated rings. The molecule has 1 aliphatic rings. The van der Waals surface area contributed by atoms with Gasteiger partial charge in [0.1, 0.15) is 0 Å². The standard InChI is InChI=1S/C9H16N2O3/c1-6-5-8(14-7(2)12)11(4)9(13)10(6)3/h6,8H,5H2,1-4H3. The van der Waals surface area contributed by atoms with Crippen LogP contribution in [0.4, 0.5) is 4.79 Å². The second kappa shape index (κ2) is 3.86. The highest BCUT2D eigenvalue weighted by atomic mass is 16.6. The van der Waals surface area contributed by atoms with Crippen LogP contribution < -0.4 is 0 Å². The van der Waals surface area contributed by atoms with Gasteiger partial charge < -0.3 is 9.64 Å². The Hall–Kier alpha value is -1.26. The smallest absolute Gasteiger partial charge is 0.322 e. The predicted octanol–water partition coefficient (Wildman–Crippen LogP) is 0.651. The second-order valence-electron chi connectivity index (χ2n) is 3.65. The van der Waals surface area contributed by atoms with E-state index in [0.29, 0.717) is 6.42 Å². The van der Waals surface area contributed by atoms with E-state index in [9.17, 15) is 9.59 Å². The van der Waals surface area contributed by atoms with E-state index < -0.39 is 6.23 Å². The van der Waals surface area contributed by atoms with Crippen LogP contribution in [-0.4, -0.2) is 48.2 Å². The number of ether oxygens (including phenoxy) is 1. The zero-order valence-electron chi connectivity index (χ0n) is 8.98. The highest BCUT2D eigenvalue weighted by Crippen LogP contribution is 2.19. The molecule has 0 N–H and O–H groups in total. The average Bonchev–Trinajstić information content (AvgIpc) is 2.10. The topological polar surface area (TPSA) is 49.9 Å². The van der Waals surface area contributed by atoms with Crippen LogP contribution in [0.1, 0.15) is 20.3 Å². The Bertz CT molecular complexity index is 254. The number of rotatable bonds is 1. The molecule has 5 nitrogen and oxygen atoms in total. The maximum atomic E-state index is 11.6. The number of amides is 2. The summed E-state index contributed by atoms with van der Waals surface area (Å²) in [7, 11) is 3.38. The van der Waals surface area contributed by atoms with Gasteiger partial charge in [-0.05, 0) is 6.92 Å². The van der Waals surface area contributed by atoms with Crippen LogP contribution in [0.3, 0.4) is 0 Å². The molecular weight excluding hydrogens is 184 g/mol. The summed E-state index contributed by atoms with van der Waals surface area (Å²) in [5.74, 6) is -0.355. The van der Waals surface area contributed by atoms with Crippen LogP contribution in [0, 0.1) is 0 Å². The fraction of sp³-hybridized carbons (Fsp3) is 0.778. The van der Waals surface area contributed by atoms with E-state index in [-0.39, 0.29) is 18.0 Å². The highest BCUT2D eigenvalue weighted by Gasteiger charge is 2.34. The van der Waals surface area contributed by atoms with Gasteiger partial charge in [0, 0.05) is 33.5 Å². The molecule has 0 bridgehead atoms. The molecule has 1 saturated heterocycles. The Balaban J connectivity index is 2.70. The number of hydrogen-bond donors (Lipinski definition) is 0. The van der Waals surface area contributed by atoms with Gasteiger partial charge in [0.15, 0.2) is 6.23 Å². The Morgan fingerprint density at radius 2 is 2.00 bits per heavy atom. The third-order valence-corrected chi connectivity index (χ3v) is 2.54. The fourth-order valence-corrected chi connectivity index (χ4v) is 1.49. The predicted molar refractivity (Wildman–Crippen MR) is 50.6 cm³/mol. The van der Waals surface area contributed by atoms with Crippen LogP contribution in [0.15, 0.2) is 0 Å². The lowest BCUT2D eigenvalue weighted by Crippen LogP contribution is -2.55. The number of esters is 1. The molecule has 1 heterocycles. The van der Waals surface area contributed by atoms with Gasteiger partial charge in [-0.15, -0.1) is 0 Å². The second-order valence-corrected chi connectivity index (χ2v) is 3.65. The number of nitrogens with zero attached hydrogens (tertiary/aromatic N) is 2. The van der Waals surface area contributed by atoms with E-state index >= 15 is 0 Å². The SMILES string of the molecule is CC(=O)OC1CC(C)N(C)C(=O)N1C. The van der Waals surface area contributed by atoms with Gasteiger partial charge in [-0.25, -0.2) is 4.79 Å². The van der Waals surface area contributed by atoms with Gasteiger partial charge in [-0.1, -0.05) is 0 Å². The van der Waals surface area contributed by atoms with E-state index in [0.717, 1.165) is 0 Å². The maximum absolute atomic E-state index is 11.6. The normalized spacial score (nSPS) is 27.9. The molecule has 0 aromatic rings. The number of urea groups is 1. The van der Waals surface area contributed by atoms with Crippen LogP contribution in [-0.2, 0) is 9.53 Å². The van der Waals surface area contributed by atoms with Crippen LogP contribution in [0.5, 0.6) is 0 Å². The lowest BCUT2D eigenvalue weighted by molar-refractivity contribution is -0.156. The van der Waals surface area contributed by atoms with Crippen molar-refractivity contribution in [1.29, 1.82) is 0 Å². The zero-order chi connectivity index (χ0) is 10.9. The molecule has 0 aromatic heterocycles. The Morgan fingerprint density at radius 3 is 2.50 bits per heavy atom. The lowest BCUT2D eigenvalue weighted by atomic mass is 10.1. The molecule has 0 spiro atoms. The molecular formula is C9H16N2O3. The number of hydrogen-bond acceptors (Lipinski definition) is 3. The number of carbonyl (C=O) groups excluding carboxylic acids is 2. The van der Waals surface area contributed by atoms with Gasteiger partial charge in [-0.3, -0.25) is 9.69 Å². The van der Waals surface area contributed by atoms with Crippen LogP contribution >= 0.6 is 0 Å². The third kappa shape index (κ3) is 1.97. The quantitative estimate of drug-likeness (QED) is 0.584. The lowest BCUT2D eigenvalue weighted by Gasteiger charge is -2.40. The van der Waals surface area contributed by atoms with E-state index in [1.807, 2.05) is 6.92 Å². The van der Waals surface area contributed by atoms with Gasteiger partial charge in [0.2, 0.25) is 0 Å². The van der Waals surface area contributed by atoms with Crippen molar-refractivity contribution in [3.8, 4) is 0 Å². The van der Waals surface area contributed by atoms with Gasteiger partial charge in [0.25, 0.3) is 0 Å². The summed E-state index contributed by atoms with van der Waals surface area (Å²) in [6, 6.07) is -0.0157. The monoisotopic (exact) mass is 200 g/mol. The first-order valence-electron chi connectivity index (χ1n) is 4.60. The fourth-order valence-electron chi connectivity index (χ4n) is 1.49. The first-order valence-corrected chi connectivity index (χ1v) is 4.60. The molecule has 2 amide bonds. The highest BCUT2D eigenvalue weighted by molar-refractivity contribution is 5.76. The van der Waals surface area contributed by atoms with Crippen molar-refractivity contribution in [3.63, 3.8) is 0 Å². The molecule has 5 heteroatoms. The van der Waals surface area contributed by atoms with Gasteiger partial charge in [0.05, 0.1) is 0 Å². The third-order valence-electron chi connectivity index (χ3n) is 2.54. The molecule has 1 rings (SSSR count). The average molecular weight is 200 g/mol. The summed E-state index contributed by atoms with van der Waals surface area (Å²) in [6.07, 6.45) is 0.226. The minimum Gasteiger partial charge on any atom is -0.442 e. The Kier molecular flexibility index (Phi) is 2.98. The first kappa shape index (κ1) is 10.8. The van der Waals surface area contributed by atoms with Crippen LogP contribution in [0.2, 0.25) is 0 Å². The largest absolute Gasteiger partial charge is 0.442 e. The summed E-state index contributed by atoms with van der Waals surface area (Å²) in [6.45, 7) is 3.28. The molecule has 0 radical (unpaired) electrons. The molecule has 0 saturated carbocycles. The molecule has 14 heavy (non-hydrogen) atoms. The van der Waals surface area contributed by atoms with E-state index in [1.165, 1.54) is 11.8 Å². The van der Waals surface area contributed by atoms with Crippen molar-refractivity contribution in [3.05, 3.63) is 0 Å². The molecule has 2 unspecified atom stereocenters. The Morgan fingerprint density at radius 1 is 1.43 bits per heavy atom. The number of carbonyl (C=O) groups is 2. The van der Waals surface area contributed by atoms with Crippen molar-refractivity contribution in [2.45, 2.75) is 32.5 Å². The van der Waals surface area contributed by atoms with Crippen molar-refractivity contribution >= 4 is 12.0 Å². The van der Waals surface area contributed by atoms with Crippen molar-refractivity contribution in [2.24, 2.45) is 0 Å². The van der Waals surface area contributed by atoms with Crippen molar-refractivity contribution in [1.82, 2.24) is 9.80 Å². The summed E-state index contributed by atoms with van der Waals surface area (Å²) >= 11 is 0. The summed E-state index contributed by atoms with van der Waals surface area (Å²) < 4.78 is 5.03.